The highest BCUT2D eigenvalue weighted by atomic mass is 19.2. The molecule has 1 aliphatic rings. The van der Waals surface area contributed by atoms with Crippen molar-refractivity contribution in [1.29, 1.82) is 0 Å². The molecule has 0 aliphatic carbocycles. The predicted octanol–water partition coefficient (Wildman–Crippen LogP) is 0.764. The Hall–Kier alpha value is -2.09. The molecule has 0 aromatic heterocycles. The van der Waals surface area contributed by atoms with E-state index < -0.39 is 47.0 Å². The lowest BCUT2D eigenvalue weighted by molar-refractivity contribution is -0.141. The fraction of sp³-hybridized carbons (Fsp3) is 0.333. The molecule has 1 saturated heterocycles. The van der Waals surface area contributed by atoms with Crippen molar-refractivity contribution in [3.63, 3.8) is 0 Å². The monoisotopic (exact) mass is 289 g/mol. The molecule has 1 aromatic rings. The molecule has 2 rings (SSSR count). The van der Waals surface area contributed by atoms with Crippen molar-refractivity contribution in [2.24, 2.45) is 0 Å². The Morgan fingerprint density at radius 2 is 1.75 bits per heavy atom. The summed E-state index contributed by atoms with van der Waals surface area (Å²) in [7, 11) is 0. The zero-order chi connectivity index (χ0) is 15.0. The number of carbonyl (C=O) groups excluding carboxylic acids is 1. The average molecular weight is 289 g/mol. The van der Waals surface area contributed by atoms with E-state index in [9.17, 15) is 27.9 Å². The molecule has 0 radical (unpaired) electrons. The van der Waals surface area contributed by atoms with Crippen LogP contribution >= 0.6 is 0 Å². The van der Waals surface area contributed by atoms with Crippen LogP contribution in [-0.4, -0.2) is 45.7 Å². The number of hydrogen-bond acceptors (Lipinski definition) is 3. The van der Waals surface area contributed by atoms with Gasteiger partial charge in [0.25, 0.3) is 5.91 Å². The fourth-order valence-electron chi connectivity index (χ4n) is 2.12. The van der Waals surface area contributed by atoms with E-state index in [1.54, 1.807) is 0 Å². The number of likely N-dealkylation sites (tertiary alicyclic amines) is 1. The number of rotatable bonds is 2. The molecule has 2 N–H and O–H groups in total. The van der Waals surface area contributed by atoms with Gasteiger partial charge in [-0.3, -0.25) is 4.79 Å². The number of nitrogens with zero attached hydrogens (tertiary/aromatic N) is 1. The van der Waals surface area contributed by atoms with E-state index in [4.69, 9.17) is 5.11 Å². The normalized spacial score (nSPS) is 22.1. The molecule has 1 aromatic carbocycles. The standard InChI is InChI=1S/C12H10F3NO4/c13-7-1-5(2-8(14)10(7)15)11(18)16-4-6(17)3-9(16)12(19)20/h1-2,6,9,17H,3-4H2,(H,19,20)/t6?,9-/m0/s1. The minimum Gasteiger partial charge on any atom is -0.480 e. The van der Waals surface area contributed by atoms with E-state index in [1.165, 1.54) is 0 Å². The van der Waals surface area contributed by atoms with Crippen LogP contribution in [0.25, 0.3) is 0 Å². The van der Waals surface area contributed by atoms with Crippen molar-refractivity contribution in [3.05, 3.63) is 35.1 Å². The number of amides is 1. The van der Waals surface area contributed by atoms with Gasteiger partial charge in [-0.05, 0) is 12.1 Å². The number of aliphatic hydroxyl groups excluding tert-OH is 1. The van der Waals surface area contributed by atoms with Gasteiger partial charge in [0.2, 0.25) is 0 Å². The van der Waals surface area contributed by atoms with Crippen LogP contribution in [-0.2, 0) is 4.79 Å². The van der Waals surface area contributed by atoms with Crippen molar-refractivity contribution < 1.29 is 33.0 Å². The summed E-state index contributed by atoms with van der Waals surface area (Å²) in [6.45, 7) is -0.267. The topological polar surface area (TPSA) is 77.8 Å². The molecule has 2 atom stereocenters. The van der Waals surface area contributed by atoms with Crippen molar-refractivity contribution in [2.45, 2.75) is 18.6 Å². The van der Waals surface area contributed by atoms with Crippen LogP contribution in [0.4, 0.5) is 13.2 Å². The fourth-order valence-corrected chi connectivity index (χ4v) is 2.12. The van der Waals surface area contributed by atoms with E-state index in [0.29, 0.717) is 12.1 Å². The maximum Gasteiger partial charge on any atom is 0.326 e. The first-order chi connectivity index (χ1) is 9.31. The van der Waals surface area contributed by atoms with Gasteiger partial charge in [0.1, 0.15) is 6.04 Å². The second-order valence-electron chi connectivity index (χ2n) is 4.45. The Morgan fingerprint density at radius 1 is 1.20 bits per heavy atom. The Labute approximate surface area is 111 Å². The summed E-state index contributed by atoms with van der Waals surface area (Å²) in [4.78, 5) is 23.8. The second kappa shape index (κ2) is 5.12. The van der Waals surface area contributed by atoms with Gasteiger partial charge in [-0.2, -0.15) is 0 Å². The molecule has 1 fully saturated rings. The van der Waals surface area contributed by atoms with Crippen molar-refractivity contribution in [1.82, 2.24) is 4.90 Å². The quantitative estimate of drug-likeness (QED) is 0.788. The summed E-state index contributed by atoms with van der Waals surface area (Å²) in [5.74, 6) is -7.11. The Morgan fingerprint density at radius 3 is 2.25 bits per heavy atom. The van der Waals surface area contributed by atoms with Gasteiger partial charge in [0.05, 0.1) is 6.10 Å². The Balaban J connectivity index is 2.33. The molecule has 20 heavy (non-hydrogen) atoms. The van der Waals surface area contributed by atoms with Gasteiger partial charge in [-0.15, -0.1) is 0 Å². The van der Waals surface area contributed by atoms with Crippen LogP contribution in [0, 0.1) is 17.5 Å². The number of aliphatic hydroxyl groups is 1. The molecule has 108 valence electrons. The van der Waals surface area contributed by atoms with E-state index in [0.717, 1.165) is 4.90 Å². The van der Waals surface area contributed by atoms with Gasteiger partial charge >= 0.3 is 5.97 Å². The van der Waals surface area contributed by atoms with E-state index in [1.807, 2.05) is 0 Å². The van der Waals surface area contributed by atoms with Crippen LogP contribution in [0.1, 0.15) is 16.8 Å². The van der Waals surface area contributed by atoms with E-state index >= 15 is 0 Å². The van der Waals surface area contributed by atoms with Crippen LogP contribution < -0.4 is 0 Å². The molecule has 1 heterocycles. The summed E-state index contributed by atoms with van der Waals surface area (Å²) in [6, 6.07) is -0.303. The summed E-state index contributed by atoms with van der Waals surface area (Å²) in [6.07, 6.45) is -1.21. The number of aliphatic carboxylic acids is 1. The highest BCUT2D eigenvalue weighted by Crippen LogP contribution is 2.22. The molecule has 0 spiro atoms. The highest BCUT2D eigenvalue weighted by molar-refractivity contribution is 5.97. The van der Waals surface area contributed by atoms with Crippen LogP contribution in [0.15, 0.2) is 12.1 Å². The molecule has 0 saturated carbocycles. The number of β-amino-alcohol motifs (C(OH)–C–C–N with tert-alkyl or cyclic N) is 1. The molecule has 0 bridgehead atoms. The number of hydrogen-bond donors (Lipinski definition) is 2. The number of carbonyl (C=O) groups is 2. The molecular formula is C12H10F3NO4. The van der Waals surface area contributed by atoms with E-state index in [-0.39, 0.29) is 13.0 Å². The second-order valence-corrected chi connectivity index (χ2v) is 4.45. The average Bonchev–Trinajstić information content (AvgIpc) is 2.76. The first kappa shape index (κ1) is 14.3. The predicted molar refractivity (Wildman–Crippen MR) is 59.4 cm³/mol. The lowest BCUT2D eigenvalue weighted by Gasteiger charge is -2.21. The van der Waals surface area contributed by atoms with Gasteiger partial charge in [-0.1, -0.05) is 0 Å². The van der Waals surface area contributed by atoms with Crippen LogP contribution in [0.3, 0.4) is 0 Å². The first-order valence-corrected chi connectivity index (χ1v) is 5.67. The Bertz CT molecular complexity index is 555. The maximum atomic E-state index is 13.1. The lowest BCUT2D eigenvalue weighted by Crippen LogP contribution is -2.40. The summed E-state index contributed by atoms with van der Waals surface area (Å²) in [5.41, 5.74) is -0.512. The molecular weight excluding hydrogens is 279 g/mol. The first-order valence-electron chi connectivity index (χ1n) is 5.67. The van der Waals surface area contributed by atoms with Gasteiger partial charge in [-0.25, -0.2) is 18.0 Å². The molecule has 8 heteroatoms. The third kappa shape index (κ3) is 2.46. The maximum absolute atomic E-state index is 13.1. The number of carboxylic acids is 1. The largest absolute Gasteiger partial charge is 0.480 e. The summed E-state index contributed by atoms with van der Waals surface area (Å²) in [5, 5.41) is 18.3. The third-order valence-electron chi connectivity index (χ3n) is 3.06. The highest BCUT2D eigenvalue weighted by Gasteiger charge is 2.39. The SMILES string of the molecule is O=C(O)[C@@H]1CC(O)CN1C(=O)c1cc(F)c(F)c(F)c1. The molecule has 5 nitrogen and oxygen atoms in total. The van der Waals surface area contributed by atoms with Gasteiger partial charge in [0, 0.05) is 18.5 Å². The van der Waals surface area contributed by atoms with Crippen LogP contribution in [0.2, 0.25) is 0 Å². The lowest BCUT2D eigenvalue weighted by atomic mass is 10.1. The molecule has 1 unspecified atom stereocenters. The smallest absolute Gasteiger partial charge is 0.326 e. The zero-order valence-corrected chi connectivity index (χ0v) is 10.0. The third-order valence-corrected chi connectivity index (χ3v) is 3.06. The van der Waals surface area contributed by atoms with Gasteiger partial charge < -0.3 is 15.1 Å². The summed E-state index contributed by atoms with van der Waals surface area (Å²) >= 11 is 0. The number of carboxylic acid groups (broad SMARTS) is 1. The number of halogens is 3. The van der Waals surface area contributed by atoms with Gasteiger partial charge in [0.15, 0.2) is 17.5 Å². The van der Waals surface area contributed by atoms with Crippen molar-refractivity contribution >= 4 is 11.9 Å². The molecule has 1 aliphatic heterocycles. The minimum absolute atomic E-state index is 0.173. The Kier molecular flexibility index (Phi) is 3.67. The minimum atomic E-state index is -1.71. The van der Waals surface area contributed by atoms with Crippen LogP contribution in [0.5, 0.6) is 0 Å². The zero-order valence-electron chi connectivity index (χ0n) is 10.0. The summed E-state index contributed by atoms with van der Waals surface area (Å²) < 4.78 is 38.9. The van der Waals surface area contributed by atoms with Crippen molar-refractivity contribution in [3.8, 4) is 0 Å². The van der Waals surface area contributed by atoms with E-state index in [2.05, 4.69) is 0 Å². The van der Waals surface area contributed by atoms with Crippen molar-refractivity contribution in [2.75, 3.05) is 6.54 Å². The molecule has 1 amide bonds. The number of benzene rings is 1.